The molecule has 0 saturated heterocycles. The lowest BCUT2D eigenvalue weighted by Gasteiger charge is -2.10. The van der Waals surface area contributed by atoms with Gasteiger partial charge >= 0.3 is 0 Å². The molecule has 0 heterocycles. The lowest BCUT2D eigenvalue weighted by atomic mass is 10.0. The monoisotopic (exact) mass is 334 g/mol. The molecule has 3 rings (SSSR count). The third-order valence-electron chi connectivity index (χ3n) is 3.92. The van der Waals surface area contributed by atoms with Gasteiger partial charge in [-0.1, -0.05) is 12.1 Å². The lowest BCUT2D eigenvalue weighted by molar-refractivity contribution is 1.19. The fraction of sp³-hybridized carbons (Fsp3) is 0.0455. The van der Waals surface area contributed by atoms with Crippen molar-refractivity contribution in [2.24, 2.45) is 0 Å². The fourth-order valence-corrected chi connectivity index (χ4v) is 2.66. The second kappa shape index (κ2) is 7.67. The third-order valence-corrected chi connectivity index (χ3v) is 3.92. The summed E-state index contributed by atoms with van der Waals surface area (Å²) in [7, 11) is 0. The molecule has 3 aromatic rings. The maximum absolute atomic E-state index is 9.31. The van der Waals surface area contributed by atoms with Crippen molar-refractivity contribution in [2.45, 2.75) is 6.42 Å². The number of anilines is 2. The van der Waals surface area contributed by atoms with Crippen LogP contribution in [0.2, 0.25) is 0 Å². The molecule has 1 N–H and O–H groups in total. The highest BCUT2D eigenvalue weighted by atomic mass is 14.9. The van der Waals surface area contributed by atoms with Crippen LogP contribution >= 0.6 is 0 Å². The van der Waals surface area contributed by atoms with E-state index in [0.29, 0.717) is 23.1 Å². The van der Waals surface area contributed by atoms with E-state index in [2.05, 4.69) is 23.5 Å². The smallest absolute Gasteiger partial charge is 0.0992 e. The Labute approximate surface area is 152 Å². The minimum Gasteiger partial charge on any atom is -0.355 e. The molecule has 0 aliphatic heterocycles. The Hall–Kier alpha value is -4.07. The summed E-state index contributed by atoms with van der Waals surface area (Å²) in [6.07, 6.45) is 0.670. The third kappa shape index (κ3) is 4.06. The molecule has 0 fully saturated rings. The van der Waals surface area contributed by atoms with E-state index in [1.54, 1.807) is 30.3 Å². The number of benzene rings is 3. The summed E-state index contributed by atoms with van der Waals surface area (Å²) in [6.45, 7) is 0. The fourth-order valence-electron chi connectivity index (χ4n) is 2.66. The molecular formula is C22H14N4. The van der Waals surface area contributed by atoms with E-state index in [0.717, 1.165) is 22.5 Å². The first-order valence-corrected chi connectivity index (χ1v) is 8.00. The van der Waals surface area contributed by atoms with E-state index in [-0.39, 0.29) is 0 Å². The van der Waals surface area contributed by atoms with Gasteiger partial charge in [0.05, 0.1) is 34.9 Å². The van der Waals surface area contributed by atoms with Gasteiger partial charge in [0.25, 0.3) is 0 Å². The molecule has 0 aliphatic carbocycles. The van der Waals surface area contributed by atoms with E-state index in [4.69, 9.17) is 10.5 Å². The average molecular weight is 334 g/mol. The molecule has 4 heteroatoms. The van der Waals surface area contributed by atoms with Crippen molar-refractivity contribution in [3.05, 3.63) is 94.5 Å². The van der Waals surface area contributed by atoms with Crippen LogP contribution in [0.5, 0.6) is 0 Å². The van der Waals surface area contributed by atoms with Gasteiger partial charge in [0.15, 0.2) is 0 Å². The van der Waals surface area contributed by atoms with Crippen LogP contribution in [0.25, 0.3) is 0 Å². The molecule has 0 atom stereocenters. The molecule has 0 amide bonds. The Morgan fingerprint density at radius 2 is 1.15 bits per heavy atom. The highest BCUT2D eigenvalue weighted by molar-refractivity contribution is 5.63. The van der Waals surface area contributed by atoms with Crippen molar-refractivity contribution in [2.75, 3.05) is 5.32 Å². The molecule has 26 heavy (non-hydrogen) atoms. The van der Waals surface area contributed by atoms with Crippen LogP contribution in [-0.2, 0) is 6.42 Å². The lowest BCUT2D eigenvalue weighted by Crippen LogP contribution is -1.95. The van der Waals surface area contributed by atoms with Gasteiger partial charge in [-0.05, 0) is 72.1 Å². The summed E-state index contributed by atoms with van der Waals surface area (Å²) in [4.78, 5) is 0. The van der Waals surface area contributed by atoms with Crippen molar-refractivity contribution in [3.63, 3.8) is 0 Å². The van der Waals surface area contributed by atoms with Crippen molar-refractivity contribution < 1.29 is 0 Å². The van der Waals surface area contributed by atoms with E-state index >= 15 is 0 Å². The number of hydrogen-bond donors (Lipinski definition) is 1. The van der Waals surface area contributed by atoms with E-state index in [1.165, 1.54) is 0 Å². The largest absolute Gasteiger partial charge is 0.355 e. The normalized spacial score (nSPS) is 9.58. The molecule has 122 valence electrons. The molecule has 0 aromatic heterocycles. The van der Waals surface area contributed by atoms with Crippen LogP contribution in [0.3, 0.4) is 0 Å². The Balaban J connectivity index is 1.84. The molecule has 0 spiro atoms. The van der Waals surface area contributed by atoms with Gasteiger partial charge in [-0.2, -0.15) is 15.8 Å². The van der Waals surface area contributed by atoms with Crippen molar-refractivity contribution in [3.8, 4) is 18.2 Å². The Bertz CT molecular complexity index is 966. The van der Waals surface area contributed by atoms with E-state index in [1.807, 2.05) is 36.4 Å². The number of hydrogen-bond acceptors (Lipinski definition) is 4. The standard InChI is InChI=1S/C22H14N4/c23-13-17-3-1-16(2-4-17)9-19-10-20(15-25)12-22(11-19)26-21-7-5-18(14-24)6-8-21/h1-8,10-12,26H,9H2. The quantitative estimate of drug-likeness (QED) is 0.753. The number of nitrogens with one attached hydrogen (secondary N) is 1. The minimum atomic E-state index is 0.576. The number of rotatable bonds is 4. The summed E-state index contributed by atoms with van der Waals surface area (Å²) < 4.78 is 0. The molecule has 3 aromatic carbocycles. The van der Waals surface area contributed by atoms with Gasteiger partial charge in [-0.3, -0.25) is 0 Å². The summed E-state index contributed by atoms with van der Waals surface area (Å²) in [5.41, 5.74) is 5.55. The SMILES string of the molecule is N#Cc1ccc(Cc2cc(C#N)cc(Nc3ccc(C#N)cc3)c2)cc1. The van der Waals surface area contributed by atoms with Gasteiger partial charge in [-0.25, -0.2) is 0 Å². The zero-order valence-corrected chi connectivity index (χ0v) is 13.9. The van der Waals surface area contributed by atoms with Crippen LogP contribution in [0.15, 0.2) is 66.7 Å². The second-order valence-electron chi connectivity index (χ2n) is 5.83. The first-order chi connectivity index (χ1) is 12.7. The summed E-state index contributed by atoms with van der Waals surface area (Å²) >= 11 is 0. The zero-order valence-electron chi connectivity index (χ0n) is 13.9. The summed E-state index contributed by atoms with van der Waals surface area (Å²) in [5.74, 6) is 0. The highest BCUT2D eigenvalue weighted by Crippen LogP contribution is 2.22. The molecular weight excluding hydrogens is 320 g/mol. The molecule has 0 aliphatic rings. The molecule has 0 bridgehead atoms. The summed E-state index contributed by atoms with van der Waals surface area (Å²) in [5, 5.41) is 30.3. The van der Waals surface area contributed by atoms with Gasteiger partial charge in [0.1, 0.15) is 0 Å². The van der Waals surface area contributed by atoms with Crippen LogP contribution in [0.1, 0.15) is 27.8 Å². The number of nitrogens with zero attached hydrogens (tertiary/aromatic N) is 3. The topological polar surface area (TPSA) is 83.4 Å². The van der Waals surface area contributed by atoms with Crippen LogP contribution in [0.4, 0.5) is 11.4 Å². The van der Waals surface area contributed by atoms with Crippen molar-refractivity contribution in [1.82, 2.24) is 0 Å². The van der Waals surface area contributed by atoms with Crippen LogP contribution in [-0.4, -0.2) is 0 Å². The first-order valence-electron chi connectivity index (χ1n) is 8.00. The Morgan fingerprint density at radius 1 is 0.577 bits per heavy atom. The first kappa shape index (κ1) is 16.8. The predicted molar refractivity (Wildman–Crippen MR) is 99.6 cm³/mol. The Morgan fingerprint density at radius 3 is 1.73 bits per heavy atom. The van der Waals surface area contributed by atoms with E-state index < -0.39 is 0 Å². The summed E-state index contributed by atoms with van der Waals surface area (Å²) in [6, 6.07) is 26.6. The average Bonchev–Trinajstić information content (AvgIpc) is 2.69. The zero-order chi connectivity index (χ0) is 18.4. The van der Waals surface area contributed by atoms with Crippen LogP contribution in [0, 0.1) is 34.0 Å². The molecule has 0 radical (unpaired) electrons. The maximum atomic E-state index is 9.31. The highest BCUT2D eigenvalue weighted by Gasteiger charge is 2.04. The van der Waals surface area contributed by atoms with Gasteiger partial charge in [0, 0.05) is 11.4 Å². The molecule has 0 saturated carbocycles. The van der Waals surface area contributed by atoms with Gasteiger partial charge < -0.3 is 5.32 Å². The van der Waals surface area contributed by atoms with E-state index in [9.17, 15) is 5.26 Å². The van der Waals surface area contributed by atoms with Gasteiger partial charge in [0.2, 0.25) is 0 Å². The number of nitriles is 3. The molecule has 4 nitrogen and oxygen atoms in total. The maximum Gasteiger partial charge on any atom is 0.0992 e. The second-order valence-corrected chi connectivity index (χ2v) is 5.83. The Kier molecular flexibility index (Phi) is 4.95. The minimum absolute atomic E-state index is 0.576. The predicted octanol–water partition coefficient (Wildman–Crippen LogP) is 4.64. The van der Waals surface area contributed by atoms with Gasteiger partial charge in [-0.15, -0.1) is 0 Å². The van der Waals surface area contributed by atoms with Crippen molar-refractivity contribution in [1.29, 1.82) is 15.8 Å². The van der Waals surface area contributed by atoms with Crippen molar-refractivity contribution >= 4 is 11.4 Å². The van der Waals surface area contributed by atoms with Crippen LogP contribution < -0.4 is 5.32 Å². The molecule has 0 unspecified atom stereocenters.